The van der Waals surface area contributed by atoms with Crippen LogP contribution in [0.2, 0.25) is 0 Å². The maximum Gasteiger partial charge on any atom is 0.254 e. The van der Waals surface area contributed by atoms with Gasteiger partial charge in [0, 0.05) is 23.0 Å². The molecule has 1 aromatic carbocycles. The van der Waals surface area contributed by atoms with Gasteiger partial charge >= 0.3 is 0 Å². The lowest BCUT2D eigenvalue weighted by molar-refractivity contribution is -0.114. The largest absolute Gasteiger partial charge is 0.468 e. The highest BCUT2D eigenvalue weighted by molar-refractivity contribution is 8.03. The first kappa shape index (κ1) is 25.3. The summed E-state index contributed by atoms with van der Waals surface area (Å²) in [7, 11) is 0. The summed E-state index contributed by atoms with van der Waals surface area (Å²) >= 11 is 2.52. The molecule has 184 valence electrons. The zero-order valence-electron chi connectivity index (χ0n) is 20.0. The number of furan rings is 1. The highest BCUT2D eigenvalue weighted by Gasteiger charge is 2.36. The molecule has 1 aliphatic rings. The fourth-order valence-corrected chi connectivity index (χ4v) is 5.47. The number of anilines is 2. The van der Waals surface area contributed by atoms with Crippen molar-refractivity contribution in [3.8, 4) is 6.07 Å². The van der Waals surface area contributed by atoms with Crippen LogP contribution in [0.1, 0.15) is 36.7 Å². The van der Waals surface area contributed by atoms with E-state index in [4.69, 9.17) is 4.42 Å². The van der Waals surface area contributed by atoms with Crippen LogP contribution >= 0.6 is 23.1 Å². The SMILES string of the molecule is CCc1cccc(C)c1NC(=O)C1=C(C)NC(SCC(=O)Nc2nccs2)=C(C#N)[C@@H]1c1ccco1. The Labute approximate surface area is 217 Å². The van der Waals surface area contributed by atoms with E-state index >= 15 is 0 Å². The first-order valence-electron chi connectivity index (χ1n) is 11.3. The third-order valence-corrected chi connectivity index (χ3v) is 7.43. The number of thiazole rings is 1. The third kappa shape index (κ3) is 5.37. The van der Waals surface area contributed by atoms with Crippen molar-refractivity contribution >= 4 is 45.7 Å². The third-order valence-electron chi connectivity index (χ3n) is 5.72. The number of aromatic nitrogens is 1. The van der Waals surface area contributed by atoms with Gasteiger partial charge in [0.05, 0.1) is 40.2 Å². The molecule has 10 heteroatoms. The number of aryl methyl sites for hydroxylation is 2. The number of amides is 2. The van der Waals surface area contributed by atoms with Gasteiger partial charge < -0.3 is 20.4 Å². The van der Waals surface area contributed by atoms with Gasteiger partial charge in [0.2, 0.25) is 5.91 Å². The lowest BCUT2D eigenvalue weighted by Crippen LogP contribution is -2.31. The van der Waals surface area contributed by atoms with Gasteiger partial charge in [0.1, 0.15) is 5.76 Å². The molecular formula is C26H25N5O3S2. The predicted molar refractivity (Wildman–Crippen MR) is 142 cm³/mol. The molecule has 3 heterocycles. The number of para-hydroxylation sites is 1. The molecule has 4 rings (SSSR count). The minimum Gasteiger partial charge on any atom is -0.468 e. The molecule has 0 spiro atoms. The summed E-state index contributed by atoms with van der Waals surface area (Å²) in [6, 6.07) is 11.6. The van der Waals surface area contributed by atoms with Crippen LogP contribution in [0.4, 0.5) is 10.8 Å². The molecule has 0 saturated heterocycles. The van der Waals surface area contributed by atoms with Crippen LogP contribution in [0.3, 0.4) is 0 Å². The van der Waals surface area contributed by atoms with Gasteiger partial charge in [0.25, 0.3) is 5.91 Å². The van der Waals surface area contributed by atoms with E-state index in [1.54, 1.807) is 30.6 Å². The number of dihydropyridines is 1. The quantitative estimate of drug-likeness (QED) is 0.369. The Balaban J connectivity index is 1.63. The van der Waals surface area contributed by atoms with Gasteiger partial charge in [-0.05, 0) is 43.5 Å². The number of nitriles is 1. The van der Waals surface area contributed by atoms with Gasteiger partial charge in [-0.2, -0.15) is 5.26 Å². The van der Waals surface area contributed by atoms with Crippen LogP contribution in [0.5, 0.6) is 0 Å². The number of benzene rings is 1. The lowest BCUT2D eigenvalue weighted by atomic mass is 9.85. The van der Waals surface area contributed by atoms with Crippen molar-refractivity contribution in [2.75, 3.05) is 16.4 Å². The predicted octanol–water partition coefficient (Wildman–Crippen LogP) is 5.31. The summed E-state index contributed by atoms with van der Waals surface area (Å²) in [6.45, 7) is 5.77. The molecule has 8 nitrogen and oxygen atoms in total. The normalized spacial score (nSPS) is 15.3. The molecule has 0 bridgehead atoms. The van der Waals surface area contributed by atoms with Crippen molar-refractivity contribution in [3.63, 3.8) is 0 Å². The summed E-state index contributed by atoms with van der Waals surface area (Å²) in [5.74, 6) is -0.736. The van der Waals surface area contributed by atoms with Gasteiger partial charge in [-0.3, -0.25) is 9.59 Å². The number of thioether (sulfide) groups is 1. The second kappa shape index (κ2) is 11.3. The zero-order valence-corrected chi connectivity index (χ0v) is 21.7. The highest BCUT2D eigenvalue weighted by atomic mass is 32.2. The second-order valence-electron chi connectivity index (χ2n) is 8.06. The Bertz CT molecular complexity index is 1370. The topological polar surface area (TPSA) is 120 Å². The van der Waals surface area contributed by atoms with E-state index in [0.29, 0.717) is 32.8 Å². The minimum atomic E-state index is -0.718. The van der Waals surface area contributed by atoms with Crippen LogP contribution in [0, 0.1) is 18.3 Å². The molecule has 0 radical (unpaired) electrons. The van der Waals surface area contributed by atoms with Gasteiger partial charge in [-0.1, -0.05) is 36.9 Å². The molecule has 2 amide bonds. The molecule has 0 saturated carbocycles. The average molecular weight is 520 g/mol. The first-order valence-corrected chi connectivity index (χ1v) is 13.2. The highest BCUT2D eigenvalue weighted by Crippen LogP contribution is 2.41. The van der Waals surface area contributed by atoms with E-state index in [1.807, 2.05) is 32.0 Å². The van der Waals surface area contributed by atoms with E-state index in [2.05, 4.69) is 27.0 Å². The fourth-order valence-electron chi connectivity index (χ4n) is 4.03. The van der Waals surface area contributed by atoms with E-state index in [-0.39, 0.29) is 17.6 Å². The maximum atomic E-state index is 13.7. The van der Waals surface area contributed by atoms with E-state index in [0.717, 1.165) is 23.2 Å². The summed E-state index contributed by atoms with van der Waals surface area (Å²) in [5, 5.41) is 21.9. The van der Waals surface area contributed by atoms with Crippen molar-refractivity contribution in [2.45, 2.75) is 33.1 Å². The van der Waals surface area contributed by atoms with Crippen LogP contribution in [0.25, 0.3) is 0 Å². The van der Waals surface area contributed by atoms with Crippen molar-refractivity contribution < 1.29 is 14.0 Å². The molecule has 36 heavy (non-hydrogen) atoms. The van der Waals surface area contributed by atoms with Crippen molar-refractivity contribution in [1.29, 1.82) is 5.26 Å². The fraction of sp³-hybridized carbons (Fsp3) is 0.231. The number of nitrogens with one attached hydrogen (secondary N) is 3. The van der Waals surface area contributed by atoms with E-state index < -0.39 is 5.92 Å². The Morgan fingerprint density at radius 3 is 2.75 bits per heavy atom. The van der Waals surface area contributed by atoms with Crippen molar-refractivity contribution in [2.24, 2.45) is 0 Å². The summed E-state index contributed by atoms with van der Waals surface area (Å²) in [5.41, 5.74) is 4.04. The Hall–Kier alpha value is -3.81. The molecule has 3 aromatic rings. The van der Waals surface area contributed by atoms with Crippen LogP contribution < -0.4 is 16.0 Å². The molecule has 0 unspecified atom stereocenters. The number of hydrogen-bond donors (Lipinski definition) is 3. The monoisotopic (exact) mass is 519 g/mol. The molecule has 1 aliphatic heterocycles. The Morgan fingerprint density at radius 1 is 1.25 bits per heavy atom. The maximum absolute atomic E-state index is 13.7. The number of hydrogen-bond acceptors (Lipinski definition) is 8. The number of carbonyl (C=O) groups is 2. The van der Waals surface area contributed by atoms with Crippen molar-refractivity contribution in [3.05, 3.63) is 86.9 Å². The summed E-state index contributed by atoms with van der Waals surface area (Å²) in [6.07, 6.45) is 3.89. The Kier molecular flexibility index (Phi) is 7.93. The molecule has 1 atom stereocenters. The zero-order chi connectivity index (χ0) is 25.7. The van der Waals surface area contributed by atoms with E-state index in [1.165, 1.54) is 29.4 Å². The van der Waals surface area contributed by atoms with Gasteiger partial charge in [0.15, 0.2) is 5.13 Å². The second-order valence-corrected chi connectivity index (χ2v) is 9.94. The molecule has 0 aliphatic carbocycles. The average Bonchev–Trinajstić information content (AvgIpc) is 3.58. The minimum absolute atomic E-state index is 0.0653. The van der Waals surface area contributed by atoms with Crippen LogP contribution in [-0.4, -0.2) is 22.6 Å². The summed E-state index contributed by atoms with van der Waals surface area (Å²) in [4.78, 5) is 30.1. The van der Waals surface area contributed by atoms with Gasteiger partial charge in [-0.25, -0.2) is 4.98 Å². The Morgan fingerprint density at radius 2 is 2.08 bits per heavy atom. The van der Waals surface area contributed by atoms with Crippen LogP contribution in [-0.2, 0) is 16.0 Å². The number of allylic oxidation sites excluding steroid dienone is 2. The smallest absolute Gasteiger partial charge is 0.254 e. The lowest BCUT2D eigenvalue weighted by Gasteiger charge is -2.28. The number of rotatable bonds is 8. The van der Waals surface area contributed by atoms with Gasteiger partial charge in [-0.15, -0.1) is 11.3 Å². The number of nitrogens with zero attached hydrogens (tertiary/aromatic N) is 2. The molecular weight excluding hydrogens is 494 g/mol. The molecule has 2 aromatic heterocycles. The first-order chi connectivity index (χ1) is 17.4. The number of carbonyl (C=O) groups excluding carboxylic acids is 2. The molecule has 0 fully saturated rings. The standard InChI is InChI=1S/C26H25N5O3S2/c1-4-17-8-5-7-15(2)23(17)31-24(33)21-16(3)29-25(18(13-27)22(21)19-9-6-11-34-19)36-14-20(32)30-26-28-10-12-35-26/h5-12,22,29H,4,14H2,1-3H3,(H,31,33)(H,28,30,32)/t22-/m1/s1. The summed E-state index contributed by atoms with van der Waals surface area (Å²) < 4.78 is 5.67. The van der Waals surface area contributed by atoms with Crippen molar-refractivity contribution in [1.82, 2.24) is 10.3 Å². The van der Waals surface area contributed by atoms with E-state index in [9.17, 15) is 14.9 Å². The molecule has 3 N–H and O–H groups in total. The van der Waals surface area contributed by atoms with Crippen LogP contribution in [0.15, 0.2) is 74.5 Å².